The molecule has 0 aromatic carbocycles. The van der Waals surface area contributed by atoms with Crippen LogP contribution in [0.3, 0.4) is 0 Å². The number of aliphatic hydroxyl groups excluding tert-OH is 1. The molecule has 1 unspecified atom stereocenters. The molecule has 0 aliphatic heterocycles. The van der Waals surface area contributed by atoms with Gasteiger partial charge in [-0.3, -0.25) is 0 Å². The van der Waals surface area contributed by atoms with Crippen LogP contribution in [0.4, 0.5) is 0 Å². The maximum Gasteiger partial charge on any atom is 0.330 e. The van der Waals surface area contributed by atoms with E-state index in [4.69, 9.17) is 5.11 Å². The van der Waals surface area contributed by atoms with E-state index in [0.717, 1.165) is 12.2 Å². The first-order valence-electron chi connectivity index (χ1n) is 5.87. The summed E-state index contributed by atoms with van der Waals surface area (Å²) in [6.45, 7) is 29.7. The van der Waals surface area contributed by atoms with Crippen molar-refractivity contribution in [1.29, 1.82) is 0 Å². The van der Waals surface area contributed by atoms with E-state index in [-0.39, 0.29) is 6.61 Å². The third kappa shape index (κ3) is 30.4. The van der Waals surface area contributed by atoms with Crippen molar-refractivity contribution in [3.63, 3.8) is 0 Å². The van der Waals surface area contributed by atoms with E-state index in [0.29, 0.717) is 0 Å². The minimum absolute atomic E-state index is 0.207. The van der Waals surface area contributed by atoms with Crippen LogP contribution in [0, 0.1) is 0 Å². The maximum atomic E-state index is 10.7. The van der Waals surface area contributed by atoms with Gasteiger partial charge in [0.05, 0.1) is 6.61 Å². The summed E-state index contributed by atoms with van der Waals surface area (Å²) in [4.78, 5) is 21.3. The molecule has 1 atom stereocenters. The van der Waals surface area contributed by atoms with Gasteiger partial charge in [-0.1, -0.05) is 13.2 Å². The second-order valence-corrected chi connectivity index (χ2v) is 2.28. The van der Waals surface area contributed by atoms with Crippen LogP contribution in [-0.2, 0) is 19.1 Å². The van der Waals surface area contributed by atoms with Crippen molar-refractivity contribution < 1.29 is 24.2 Å². The molecule has 0 fully saturated rings. The molecule has 0 aliphatic rings. The van der Waals surface area contributed by atoms with E-state index in [2.05, 4.69) is 75.3 Å². The molecule has 5 heteroatoms. The van der Waals surface area contributed by atoms with Gasteiger partial charge in [0, 0.05) is 12.2 Å². The van der Waals surface area contributed by atoms with Crippen LogP contribution in [0.2, 0.25) is 0 Å². The first-order chi connectivity index (χ1) is 10.6. The van der Waals surface area contributed by atoms with Gasteiger partial charge in [-0.25, -0.2) is 9.59 Å². The molecule has 0 rings (SSSR count). The summed E-state index contributed by atoms with van der Waals surface area (Å²) in [7, 11) is 0. The number of carbonyl (C=O) groups is 2. The largest absolute Gasteiger partial charge is 0.458 e. The Morgan fingerprint density at radius 1 is 0.864 bits per heavy atom. The van der Waals surface area contributed by atoms with Gasteiger partial charge >= 0.3 is 11.9 Å². The van der Waals surface area contributed by atoms with E-state index in [9.17, 15) is 9.59 Å². The number of esters is 2. The highest BCUT2D eigenvalue weighted by Gasteiger charge is 2.13. The minimum atomic E-state index is -0.871. The van der Waals surface area contributed by atoms with Crippen molar-refractivity contribution >= 4 is 11.9 Å². The lowest BCUT2D eigenvalue weighted by Gasteiger charge is -2.13. The van der Waals surface area contributed by atoms with Crippen LogP contribution in [0.15, 0.2) is 77.9 Å². The zero-order chi connectivity index (χ0) is 19.0. The zero-order valence-electron chi connectivity index (χ0n) is 13.3. The topological polar surface area (TPSA) is 72.8 Å². The molecule has 0 saturated heterocycles. The maximum absolute atomic E-state index is 10.7. The number of carbonyl (C=O) groups excluding carboxylic acids is 2. The number of hydrogen-bond acceptors (Lipinski definition) is 5. The number of ether oxygens (including phenoxy) is 2. The molecule has 0 radical (unpaired) electrons. The van der Waals surface area contributed by atoms with Gasteiger partial charge in [0.15, 0.2) is 6.10 Å². The molecule has 0 aromatic rings. The third-order valence-electron chi connectivity index (χ3n) is 1.23. The third-order valence-corrected chi connectivity index (χ3v) is 1.23. The molecule has 0 bridgehead atoms. The highest BCUT2D eigenvalue weighted by atomic mass is 16.6. The fourth-order valence-electron chi connectivity index (χ4n) is 0.570. The normalized spacial score (nSPS) is 7.86. The van der Waals surface area contributed by atoms with Crippen LogP contribution in [0.1, 0.15) is 0 Å². The Hall–Kier alpha value is -2.66. The highest BCUT2D eigenvalue weighted by molar-refractivity contribution is 5.82. The Morgan fingerprint density at radius 3 is 1.50 bits per heavy atom. The van der Waals surface area contributed by atoms with Gasteiger partial charge < -0.3 is 14.6 Å². The Morgan fingerprint density at radius 2 is 1.23 bits per heavy atom. The van der Waals surface area contributed by atoms with Crippen molar-refractivity contribution in [2.75, 3.05) is 13.2 Å². The Kier molecular flexibility index (Phi) is 52.1. The van der Waals surface area contributed by atoms with Crippen molar-refractivity contribution in [1.82, 2.24) is 0 Å². The van der Waals surface area contributed by atoms with Crippen LogP contribution in [0.5, 0.6) is 0 Å². The first-order valence-corrected chi connectivity index (χ1v) is 5.87. The summed E-state index contributed by atoms with van der Waals surface area (Å²) in [5, 5.41) is 8.73. The fourth-order valence-corrected chi connectivity index (χ4v) is 0.570. The van der Waals surface area contributed by atoms with Crippen LogP contribution < -0.4 is 0 Å². The van der Waals surface area contributed by atoms with Gasteiger partial charge in [-0.05, 0) is 0 Å². The molecule has 0 saturated carbocycles. The Balaban J connectivity index is -0.000000103. The lowest BCUT2D eigenvalue weighted by Crippen LogP contribution is -2.27. The molecular weight excluding hydrogens is 284 g/mol. The molecular formula is C17H28O5. The lowest BCUT2D eigenvalue weighted by atomic mass is 10.4. The first kappa shape index (κ1) is 31.6. The van der Waals surface area contributed by atoms with Crippen LogP contribution in [0.25, 0.3) is 0 Å². The van der Waals surface area contributed by atoms with Gasteiger partial charge in [0.2, 0.25) is 0 Å². The van der Waals surface area contributed by atoms with Crippen molar-refractivity contribution in [3.8, 4) is 0 Å². The smallest absolute Gasteiger partial charge is 0.330 e. The summed E-state index contributed by atoms with van der Waals surface area (Å²) < 4.78 is 9.19. The molecule has 126 valence electrons. The van der Waals surface area contributed by atoms with Gasteiger partial charge in [-0.15, -0.1) is 52.6 Å². The second-order valence-electron chi connectivity index (χ2n) is 2.28. The van der Waals surface area contributed by atoms with Crippen molar-refractivity contribution in [2.24, 2.45) is 0 Å². The number of aliphatic hydroxyl groups is 1. The lowest BCUT2D eigenvalue weighted by molar-refractivity contribution is -0.154. The molecule has 5 nitrogen and oxygen atoms in total. The fraction of sp³-hybridized carbons (Fsp3) is 0.176. The zero-order valence-corrected chi connectivity index (χ0v) is 13.3. The monoisotopic (exact) mass is 312 g/mol. The number of rotatable bonds is 6. The molecule has 0 aliphatic carbocycles. The molecule has 0 aromatic heterocycles. The molecule has 0 heterocycles. The molecule has 0 spiro atoms. The average molecular weight is 312 g/mol. The molecule has 22 heavy (non-hydrogen) atoms. The Bertz CT molecular complexity index is 279. The van der Waals surface area contributed by atoms with E-state index in [1.807, 2.05) is 0 Å². The van der Waals surface area contributed by atoms with Gasteiger partial charge in [0.25, 0.3) is 0 Å². The second kappa shape index (κ2) is 36.2. The Labute approximate surface area is 134 Å². The highest BCUT2D eigenvalue weighted by Crippen LogP contribution is 1.95. The summed E-state index contributed by atoms with van der Waals surface area (Å²) in [5.74, 6) is -1.32. The molecule has 1 N–H and O–H groups in total. The van der Waals surface area contributed by atoms with E-state index < -0.39 is 24.6 Å². The standard InChI is InChI=1S/C9H12O5.4C2H4/c1-3-8(11)13-6-7(5-10)14-9(12)4-2;4*1-2/h3-4,7,10H,1-2,5-6H2;4*1-2H2. The SMILES string of the molecule is C=C.C=C.C=C.C=C.C=CC(=O)OCC(CO)OC(=O)C=C. The van der Waals surface area contributed by atoms with Crippen LogP contribution in [-0.4, -0.2) is 36.4 Å². The minimum Gasteiger partial charge on any atom is -0.458 e. The molecule has 0 amide bonds. The van der Waals surface area contributed by atoms with E-state index >= 15 is 0 Å². The predicted molar refractivity (Wildman–Crippen MR) is 93.3 cm³/mol. The summed E-state index contributed by atoms with van der Waals surface area (Å²) in [6.07, 6.45) is 1.06. The quantitative estimate of drug-likeness (QED) is 0.464. The van der Waals surface area contributed by atoms with Crippen molar-refractivity contribution in [2.45, 2.75) is 6.10 Å². The number of hydrogen-bond donors (Lipinski definition) is 1. The van der Waals surface area contributed by atoms with Crippen LogP contribution >= 0.6 is 0 Å². The van der Waals surface area contributed by atoms with Crippen molar-refractivity contribution in [3.05, 3.63) is 77.9 Å². The van der Waals surface area contributed by atoms with Gasteiger partial charge in [-0.2, -0.15) is 0 Å². The van der Waals surface area contributed by atoms with Gasteiger partial charge in [0.1, 0.15) is 6.61 Å². The van der Waals surface area contributed by atoms with E-state index in [1.165, 1.54) is 0 Å². The van der Waals surface area contributed by atoms with E-state index in [1.54, 1.807) is 0 Å². The predicted octanol–water partition coefficient (Wildman–Crippen LogP) is 3.01. The summed E-state index contributed by atoms with van der Waals surface area (Å²) >= 11 is 0. The average Bonchev–Trinajstić information content (AvgIpc) is 2.64. The summed E-state index contributed by atoms with van der Waals surface area (Å²) in [6, 6.07) is 0. The summed E-state index contributed by atoms with van der Waals surface area (Å²) in [5.41, 5.74) is 0.